The molecule has 1 fully saturated rings. The molecule has 0 bridgehead atoms. The Morgan fingerprint density at radius 2 is 2.30 bits per heavy atom. The molecule has 1 aromatic rings. The normalized spacial score (nSPS) is 19.6. The van der Waals surface area contributed by atoms with Crippen LogP contribution in [0, 0.1) is 0 Å². The third-order valence-electron chi connectivity index (χ3n) is 3.19. The lowest BCUT2D eigenvalue weighted by Crippen LogP contribution is -2.31. The van der Waals surface area contributed by atoms with Gasteiger partial charge in [-0.15, -0.1) is 5.10 Å². The van der Waals surface area contributed by atoms with Crippen LogP contribution in [0.15, 0.2) is 9.95 Å². The van der Waals surface area contributed by atoms with Crippen LogP contribution in [0.3, 0.4) is 0 Å². The molecule has 8 heteroatoms. The molecule has 112 valence electrons. The van der Waals surface area contributed by atoms with E-state index in [1.54, 1.807) is 11.7 Å². The first-order valence-electron chi connectivity index (χ1n) is 6.81. The van der Waals surface area contributed by atoms with Crippen molar-refractivity contribution in [2.75, 3.05) is 20.3 Å². The van der Waals surface area contributed by atoms with E-state index in [4.69, 9.17) is 4.74 Å². The molecule has 0 aromatic carbocycles. The highest BCUT2D eigenvalue weighted by atomic mass is 32.2. The summed E-state index contributed by atoms with van der Waals surface area (Å²) in [5, 5.41) is 9.76. The van der Waals surface area contributed by atoms with Gasteiger partial charge in [0.15, 0.2) is 5.16 Å². The first-order valence-corrected chi connectivity index (χ1v) is 7.69. The van der Waals surface area contributed by atoms with Gasteiger partial charge in [0.25, 0.3) is 0 Å². The van der Waals surface area contributed by atoms with Gasteiger partial charge in [-0.05, 0) is 19.3 Å². The monoisotopic (exact) mass is 300 g/mol. The molecule has 0 spiro atoms. The molecule has 7 nitrogen and oxygen atoms in total. The highest BCUT2D eigenvalue weighted by molar-refractivity contribution is 8.00. The fourth-order valence-electron chi connectivity index (χ4n) is 2.11. The van der Waals surface area contributed by atoms with Gasteiger partial charge in [0.2, 0.25) is 5.91 Å². The molecule has 1 saturated heterocycles. The first kappa shape index (κ1) is 15.1. The Bertz CT molecular complexity index is 499. The summed E-state index contributed by atoms with van der Waals surface area (Å²) in [5.74, 6) is 0.0337. The third kappa shape index (κ3) is 3.86. The second-order valence-corrected chi connectivity index (χ2v) is 5.87. The SMILES string of the molecule is COCCCn1c(S[C@@H]2CCCCNC2=O)n[nH]c1=O. The quantitative estimate of drug-likeness (QED) is 0.741. The smallest absolute Gasteiger partial charge is 0.343 e. The standard InChI is InChI=1S/C12H20N4O3S/c1-19-8-4-7-16-11(18)14-15-12(16)20-9-5-2-3-6-13-10(9)17/h9H,2-8H2,1H3,(H,13,17)(H,14,18)/t9-/m1/s1. The maximum Gasteiger partial charge on any atom is 0.343 e. The molecule has 20 heavy (non-hydrogen) atoms. The summed E-state index contributed by atoms with van der Waals surface area (Å²) in [6.07, 6.45) is 3.56. The topological polar surface area (TPSA) is 89.0 Å². The summed E-state index contributed by atoms with van der Waals surface area (Å²) in [6.45, 7) is 1.86. The van der Waals surface area contributed by atoms with E-state index >= 15 is 0 Å². The van der Waals surface area contributed by atoms with Crippen LogP contribution >= 0.6 is 11.8 Å². The van der Waals surface area contributed by atoms with Crippen molar-refractivity contribution in [1.29, 1.82) is 0 Å². The minimum absolute atomic E-state index is 0.0337. The Morgan fingerprint density at radius 1 is 1.45 bits per heavy atom. The number of carbonyl (C=O) groups is 1. The van der Waals surface area contributed by atoms with E-state index < -0.39 is 0 Å². The van der Waals surface area contributed by atoms with Crippen molar-refractivity contribution in [1.82, 2.24) is 20.1 Å². The second-order valence-electron chi connectivity index (χ2n) is 4.70. The van der Waals surface area contributed by atoms with Crippen molar-refractivity contribution in [2.45, 2.75) is 42.6 Å². The van der Waals surface area contributed by atoms with Crippen molar-refractivity contribution in [2.24, 2.45) is 0 Å². The zero-order chi connectivity index (χ0) is 14.4. The molecule has 2 heterocycles. The zero-order valence-electron chi connectivity index (χ0n) is 11.6. The number of aromatic nitrogens is 3. The fraction of sp³-hybridized carbons (Fsp3) is 0.750. The number of nitrogens with zero attached hydrogens (tertiary/aromatic N) is 2. The molecular formula is C12H20N4O3S. The Hall–Kier alpha value is -1.28. The van der Waals surface area contributed by atoms with Crippen molar-refractivity contribution in [3.05, 3.63) is 10.5 Å². The average molecular weight is 300 g/mol. The number of aromatic amines is 1. The minimum Gasteiger partial charge on any atom is -0.385 e. The van der Waals surface area contributed by atoms with E-state index in [9.17, 15) is 9.59 Å². The van der Waals surface area contributed by atoms with Crippen LogP contribution in [0.4, 0.5) is 0 Å². The van der Waals surface area contributed by atoms with Crippen molar-refractivity contribution >= 4 is 17.7 Å². The van der Waals surface area contributed by atoms with E-state index in [2.05, 4.69) is 15.5 Å². The first-order chi connectivity index (χ1) is 9.72. The van der Waals surface area contributed by atoms with Crippen molar-refractivity contribution in [3.8, 4) is 0 Å². The average Bonchev–Trinajstić information content (AvgIpc) is 2.65. The molecule has 2 N–H and O–H groups in total. The molecular weight excluding hydrogens is 280 g/mol. The number of amides is 1. The Labute approximate surface area is 121 Å². The van der Waals surface area contributed by atoms with E-state index in [1.165, 1.54) is 11.8 Å². The maximum atomic E-state index is 11.9. The van der Waals surface area contributed by atoms with Crippen molar-refractivity contribution < 1.29 is 9.53 Å². The minimum atomic E-state index is -0.238. The summed E-state index contributed by atoms with van der Waals surface area (Å²) >= 11 is 1.36. The predicted octanol–water partition coefficient (Wildman–Crippen LogP) is 0.369. The van der Waals surface area contributed by atoms with Gasteiger partial charge >= 0.3 is 5.69 Å². The van der Waals surface area contributed by atoms with Gasteiger partial charge in [-0.1, -0.05) is 18.2 Å². The third-order valence-corrected chi connectivity index (χ3v) is 4.44. The maximum absolute atomic E-state index is 11.9. The summed E-state index contributed by atoms with van der Waals surface area (Å²) in [6, 6.07) is 0. The van der Waals surface area contributed by atoms with E-state index in [0.717, 1.165) is 32.2 Å². The fourth-order valence-corrected chi connectivity index (χ4v) is 3.24. The highest BCUT2D eigenvalue weighted by Gasteiger charge is 2.24. The summed E-state index contributed by atoms with van der Waals surface area (Å²) in [5.41, 5.74) is -0.238. The van der Waals surface area contributed by atoms with E-state index in [0.29, 0.717) is 18.3 Å². The van der Waals surface area contributed by atoms with Crippen LogP contribution in [0.5, 0.6) is 0 Å². The largest absolute Gasteiger partial charge is 0.385 e. The molecule has 1 aliphatic rings. The van der Waals surface area contributed by atoms with Crippen molar-refractivity contribution in [3.63, 3.8) is 0 Å². The van der Waals surface area contributed by atoms with Crippen LogP contribution in [0.2, 0.25) is 0 Å². The Balaban J connectivity index is 2.04. The summed E-state index contributed by atoms with van der Waals surface area (Å²) < 4.78 is 6.56. The molecule has 0 saturated carbocycles. The number of hydrogen-bond acceptors (Lipinski definition) is 5. The van der Waals surface area contributed by atoms with Crippen LogP contribution < -0.4 is 11.0 Å². The number of H-pyrrole nitrogens is 1. The molecule has 0 radical (unpaired) electrons. The predicted molar refractivity (Wildman–Crippen MR) is 75.8 cm³/mol. The Kier molecular flexibility index (Phi) is 5.66. The van der Waals surface area contributed by atoms with Crippen LogP contribution in [0.25, 0.3) is 0 Å². The second kappa shape index (κ2) is 7.49. The number of thioether (sulfide) groups is 1. The number of carbonyl (C=O) groups excluding carboxylic acids is 1. The summed E-state index contributed by atoms with van der Waals surface area (Å²) in [4.78, 5) is 23.6. The number of methoxy groups -OCH3 is 1. The van der Waals surface area contributed by atoms with Gasteiger partial charge in [-0.3, -0.25) is 9.36 Å². The number of ether oxygens (including phenoxy) is 1. The van der Waals surface area contributed by atoms with Gasteiger partial charge < -0.3 is 10.1 Å². The van der Waals surface area contributed by atoms with Crippen LogP contribution in [0.1, 0.15) is 25.7 Å². The molecule has 1 aromatic heterocycles. The van der Waals surface area contributed by atoms with E-state index in [1.807, 2.05) is 0 Å². The highest BCUT2D eigenvalue weighted by Crippen LogP contribution is 2.25. The molecule has 1 atom stereocenters. The van der Waals surface area contributed by atoms with Gasteiger partial charge in [0.05, 0.1) is 5.25 Å². The lowest BCUT2D eigenvalue weighted by molar-refractivity contribution is -0.120. The van der Waals surface area contributed by atoms with Crippen LogP contribution in [-0.2, 0) is 16.1 Å². The molecule has 1 aliphatic heterocycles. The summed E-state index contributed by atoms with van der Waals surface area (Å²) in [7, 11) is 1.63. The molecule has 1 amide bonds. The molecule has 2 rings (SSSR count). The lowest BCUT2D eigenvalue weighted by Gasteiger charge is -2.12. The molecule has 0 unspecified atom stereocenters. The van der Waals surface area contributed by atoms with E-state index in [-0.39, 0.29) is 16.8 Å². The van der Waals surface area contributed by atoms with Crippen LogP contribution in [-0.4, -0.2) is 46.2 Å². The van der Waals surface area contributed by atoms with Gasteiger partial charge in [0, 0.05) is 26.8 Å². The lowest BCUT2D eigenvalue weighted by atomic mass is 10.2. The Morgan fingerprint density at radius 3 is 3.10 bits per heavy atom. The molecule has 0 aliphatic carbocycles. The number of nitrogens with one attached hydrogen (secondary N) is 2. The van der Waals surface area contributed by atoms with Gasteiger partial charge in [0.1, 0.15) is 0 Å². The number of hydrogen-bond donors (Lipinski definition) is 2. The van der Waals surface area contributed by atoms with Gasteiger partial charge in [-0.2, -0.15) is 0 Å². The van der Waals surface area contributed by atoms with Gasteiger partial charge in [-0.25, -0.2) is 9.89 Å². The zero-order valence-corrected chi connectivity index (χ0v) is 12.4. The number of rotatable bonds is 6.